The molecule has 1 aliphatic rings. The first kappa shape index (κ1) is 13.9. The van der Waals surface area contributed by atoms with Crippen LogP contribution in [0.4, 0.5) is 0 Å². The van der Waals surface area contributed by atoms with E-state index in [2.05, 4.69) is 11.1 Å². The zero-order valence-electron chi connectivity index (χ0n) is 12.2. The Morgan fingerprint density at radius 2 is 2.09 bits per heavy atom. The summed E-state index contributed by atoms with van der Waals surface area (Å²) in [4.78, 5) is 16.7. The lowest BCUT2D eigenvalue weighted by Crippen LogP contribution is -2.31. The van der Waals surface area contributed by atoms with Gasteiger partial charge in [-0.3, -0.25) is 9.78 Å². The van der Waals surface area contributed by atoms with Gasteiger partial charge in [0.25, 0.3) is 5.56 Å². The Bertz CT molecular complexity index is 875. The van der Waals surface area contributed by atoms with E-state index in [-0.39, 0.29) is 17.0 Å². The molecule has 0 saturated heterocycles. The number of rotatable bonds is 1. The largest absolute Gasteiger partial charge is 0.440 e. The maximum atomic E-state index is 12.7. The van der Waals surface area contributed by atoms with Crippen LogP contribution in [-0.4, -0.2) is 9.55 Å². The predicted octanol–water partition coefficient (Wildman–Crippen LogP) is 1.31. The molecule has 2 aromatic heterocycles. The summed E-state index contributed by atoms with van der Waals surface area (Å²) in [6.45, 7) is 1.81. The van der Waals surface area contributed by atoms with Crippen molar-refractivity contribution in [3.63, 3.8) is 0 Å². The molecule has 3 rings (SSSR count). The van der Waals surface area contributed by atoms with Crippen LogP contribution in [0.5, 0.6) is 5.75 Å². The second-order valence-electron chi connectivity index (χ2n) is 5.13. The lowest BCUT2D eigenvalue weighted by Gasteiger charge is -2.26. The Kier molecular flexibility index (Phi) is 3.18. The highest BCUT2D eigenvalue weighted by atomic mass is 16.5. The number of aryl methyl sites for hydroxylation is 1. The molecule has 0 spiro atoms. The molecule has 3 heterocycles. The summed E-state index contributed by atoms with van der Waals surface area (Å²) >= 11 is 0. The molecular formula is C16H14N4O2. The molecule has 0 unspecified atom stereocenters. The Hall–Kier alpha value is -3.07. The molecule has 2 aromatic rings. The summed E-state index contributed by atoms with van der Waals surface area (Å²) in [6, 6.07) is 7.36. The van der Waals surface area contributed by atoms with E-state index in [1.54, 1.807) is 37.6 Å². The first-order valence-corrected chi connectivity index (χ1v) is 6.72. The molecule has 0 saturated carbocycles. The van der Waals surface area contributed by atoms with Crippen molar-refractivity contribution >= 4 is 0 Å². The second kappa shape index (κ2) is 5.04. The van der Waals surface area contributed by atoms with Crippen molar-refractivity contribution in [1.82, 2.24) is 9.55 Å². The lowest BCUT2D eigenvalue weighted by atomic mass is 9.84. The number of ether oxygens (including phenoxy) is 1. The third kappa shape index (κ3) is 1.95. The van der Waals surface area contributed by atoms with E-state index in [4.69, 9.17) is 10.5 Å². The van der Waals surface area contributed by atoms with Gasteiger partial charge in [-0.1, -0.05) is 0 Å². The van der Waals surface area contributed by atoms with Crippen LogP contribution < -0.4 is 16.0 Å². The van der Waals surface area contributed by atoms with E-state index >= 15 is 0 Å². The van der Waals surface area contributed by atoms with Gasteiger partial charge in [-0.05, 0) is 24.6 Å². The van der Waals surface area contributed by atoms with Crippen LogP contribution in [0.1, 0.15) is 22.7 Å². The molecule has 1 atom stereocenters. The third-order valence-corrected chi connectivity index (χ3v) is 3.89. The third-order valence-electron chi connectivity index (χ3n) is 3.89. The molecule has 6 heteroatoms. The minimum absolute atomic E-state index is 0.0319. The van der Waals surface area contributed by atoms with E-state index < -0.39 is 5.92 Å². The van der Waals surface area contributed by atoms with Crippen LogP contribution >= 0.6 is 0 Å². The van der Waals surface area contributed by atoms with Gasteiger partial charge in [0, 0.05) is 31.2 Å². The van der Waals surface area contributed by atoms with Gasteiger partial charge in [-0.2, -0.15) is 5.26 Å². The Morgan fingerprint density at radius 1 is 1.41 bits per heavy atom. The van der Waals surface area contributed by atoms with E-state index in [9.17, 15) is 10.1 Å². The van der Waals surface area contributed by atoms with Crippen molar-refractivity contribution in [2.24, 2.45) is 12.8 Å². The average molecular weight is 294 g/mol. The fraction of sp³-hybridized carbons (Fsp3) is 0.188. The van der Waals surface area contributed by atoms with Gasteiger partial charge >= 0.3 is 0 Å². The molecule has 1 aliphatic heterocycles. The summed E-state index contributed by atoms with van der Waals surface area (Å²) in [6.07, 6.45) is 3.24. The highest BCUT2D eigenvalue weighted by molar-refractivity contribution is 5.54. The van der Waals surface area contributed by atoms with Gasteiger partial charge in [-0.25, -0.2) is 0 Å². The Morgan fingerprint density at radius 3 is 2.73 bits per heavy atom. The van der Waals surface area contributed by atoms with Crippen molar-refractivity contribution in [3.05, 3.63) is 69.2 Å². The Balaban J connectivity index is 2.36. The number of aromatic nitrogens is 2. The summed E-state index contributed by atoms with van der Waals surface area (Å²) in [7, 11) is 1.69. The molecule has 2 N–H and O–H groups in total. The van der Waals surface area contributed by atoms with E-state index in [1.165, 1.54) is 4.57 Å². The quantitative estimate of drug-likeness (QED) is 0.855. The van der Waals surface area contributed by atoms with Crippen molar-refractivity contribution in [1.29, 1.82) is 5.26 Å². The number of pyridine rings is 2. The van der Waals surface area contributed by atoms with E-state index in [0.717, 1.165) is 11.3 Å². The number of hydrogen-bond donors (Lipinski definition) is 1. The topological polar surface area (TPSA) is 93.9 Å². The van der Waals surface area contributed by atoms with Gasteiger partial charge < -0.3 is 15.0 Å². The maximum absolute atomic E-state index is 12.7. The monoisotopic (exact) mass is 294 g/mol. The van der Waals surface area contributed by atoms with Gasteiger partial charge in [0.2, 0.25) is 5.88 Å². The number of nitrogens with zero attached hydrogens (tertiary/aromatic N) is 3. The number of nitrogens with two attached hydrogens (primary N) is 1. The highest BCUT2D eigenvalue weighted by Crippen LogP contribution is 2.39. The molecule has 0 radical (unpaired) electrons. The number of allylic oxidation sites excluding steroid dienone is 1. The van der Waals surface area contributed by atoms with Crippen LogP contribution in [0.15, 0.2) is 46.8 Å². The molecule has 0 aliphatic carbocycles. The molecule has 0 fully saturated rings. The fourth-order valence-electron chi connectivity index (χ4n) is 2.63. The van der Waals surface area contributed by atoms with Crippen molar-refractivity contribution in [2.75, 3.05) is 0 Å². The lowest BCUT2D eigenvalue weighted by molar-refractivity contribution is 0.389. The normalized spacial score (nSPS) is 16.7. The highest BCUT2D eigenvalue weighted by Gasteiger charge is 2.33. The van der Waals surface area contributed by atoms with Gasteiger partial charge in [0.15, 0.2) is 0 Å². The van der Waals surface area contributed by atoms with Crippen LogP contribution in [-0.2, 0) is 7.05 Å². The van der Waals surface area contributed by atoms with Crippen LogP contribution in [0.3, 0.4) is 0 Å². The SMILES string of the molecule is Cc1cc2c(c(=O)n1C)[C@H](c1ccncc1)C(C#N)=C(N)O2. The summed E-state index contributed by atoms with van der Waals surface area (Å²) in [5, 5.41) is 9.44. The minimum Gasteiger partial charge on any atom is -0.440 e. The predicted molar refractivity (Wildman–Crippen MR) is 80.0 cm³/mol. The summed E-state index contributed by atoms with van der Waals surface area (Å²) in [5.74, 6) is -0.112. The second-order valence-corrected chi connectivity index (χ2v) is 5.13. The standard InChI is InChI=1S/C16H14N4O2/c1-9-7-12-14(16(21)20(9)2)13(10-3-5-19-6-4-10)11(8-17)15(18)22-12/h3-7,13H,18H2,1-2H3/t13-/m1/s1. The van der Waals surface area contributed by atoms with Crippen molar-refractivity contribution < 1.29 is 4.74 Å². The molecule has 0 bridgehead atoms. The smallest absolute Gasteiger partial charge is 0.258 e. The van der Waals surface area contributed by atoms with E-state index in [0.29, 0.717) is 11.3 Å². The summed E-state index contributed by atoms with van der Waals surface area (Å²) < 4.78 is 7.04. The zero-order valence-corrected chi connectivity index (χ0v) is 12.2. The first-order chi connectivity index (χ1) is 10.5. The molecule has 0 aromatic carbocycles. The Labute approximate surface area is 127 Å². The van der Waals surface area contributed by atoms with Gasteiger partial charge in [-0.15, -0.1) is 0 Å². The first-order valence-electron chi connectivity index (χ1n) is 6.72. The van der Waals surface area contributed by atoms with Gasteiger partial charge in [0.05, 0.1) is 11.5 Å². The van der Waals surface area contributed by atoms with Crippen LogP contribution in [0.25, 0.3) is 0 Å². The van der Waals surface area contributed by atoms with Crippen LogP contribution in [0.2, 0.25) is 0 Å². The molecular weight excluding hydrogens is 280 g/mol. The number of fused-ring (bicyclic) bond motifs is 1. The van der Waals surface area contributed by atoms with Crippen molar-refractivity contribution in [2.45, 2.75) is 12.8 Å². The molecule has 0 amide bonds. The minimum atomic E-state index is -0.545. The number of hydrogen-bond acceptors (Lipinski definition) is 5. The van der Waals surface area contributed by atoms with Gasteiger partial charge in [0.1, 0.15) is 17.4 Å². The molecule has 110 valence electrons. The zero-order chi connectivity index (χ0) is 15.9. The summed E-state index contributed by atoms with van der Waals surface area (Å²) in [5.41, 5.74) is 7.87. The fourth-order valence-corrected chi connectivity index (χ4v) is 2.63. The van der Waals surface area contributed by atoms with E-state index in [1.807, 2.05) is 6.92 Å². The average Bonchev–Trinajstić information content (AvgIpc) is 2.52. The maximum Gasteiger partial charge on any atom is 0.258 e. The van der Waals surface area contributed by atoms with Crippen LogP contribution in [0, 0.1) is 18.3 Å². The number of nitriles is 1. The van der Waals surface area contributed by atoms with Crippen molar-refractivity contribution in [3.8, 4) is 11.8 Å². The molecule has 22 heavy (non-hydrogen) atoms. The molecule has 6 nitrogen and oxygen atoms in total.